The van der Waals surface area contributed by atoms with Crippen molar-refractivity contribution in [2.24, 2.45) is 0 Å². The molecule has 0 saturated carbocycles. The number of carbonyl (C=O) groups excluding carboxylic acids is 2. The van der Waals surface area contributed by atoms with E-state index in [-0.39, 0.29) is 33.9 Å². The van der Waals surface area contributed by atoms with Crippen LogP contribution in [-0.4, -0.2) is 16.3 Å². The topological polar surface area (TPSA) is 92.0 Å². The van der Waals surface area contributed by atoms with E-state index in [1.165, 1.54) is 17.6 Å². The first kappa shape index (κ1) is 19.3. The lowest BCUT2D eigenvalue weighted by Gasteiger charge is -2.08. The zero-order valence-electron chi connectivity index (χ0n) is 15.9. The van der Waals surface area contributed by atoms with Crippen molar-refractivity contribution in [3.8, 4) is 11.8 Å². The second-order valence-electron chi connectivity index (χ2n) is 6.54. The number of carbonyl (C=O) groups is 2. The number of pyridine rings is 1. The highest BCUT2D eigenvalue weighted by atomic mass is 32.1. The quantitative estimate of drug-likeness (QED) is 0.510. The number of anilines is 1. The van der Waals surface area contributed by atoms with Crippen LogP contribution in [0.25, 0.3) is 15.9 Å². The molecule has 1 amide bonds. The molecule has 30 heavy (non-hydrogen) atoms. The van der Waals surface area contributed by atoms with Crippen LogP contribution in [0, 0.1) is 11.3 Å². The fourth-order valence-corrected chi connectivity index (χ4v) is 4.55. The van der Waals surface area contributed by atoms with Gasteiger partial charge in [-0.3, -0.25) is 19.0 Å². The lowest BCUT2D eigenvalue weighted by molar-refractivity contribution is -0.114. The molecule has 7 heteroatoms. The molecule has 0 saturated heterocycles. The number of hydrogen-bond donors (Lipinski definition) is 1. The second kappa shape index (κ2) is 7.78. The third kappa shape index (κ3) is 3.30. The highest BCUT2D eigenvalue weighted by molar-refractivity contribution is 7.23. The number of thiophene rings is 1. The summed E-state index contributed by atoms with van der Waals surface area (Å²) in [6.45, 7) is 1.35. The Morgan fingerprint density at radius 2 is 1.70 bits per heavy atom. The Hall–Kier alpha value is -4.02. The number of nitrogens with one attached hydrogen (secondary N) is 1. The van der Waals surface area contributed by atoms with Crippen LogP contribution in [0.5, 0.6) is 0 Å². The van der Waals surface area contributed by atoms with Gasteiger partial charge in [0.05, 0.1) is 22.9 Å². The molecule has 0 radical (unpaired) electrons. The molecule has 4 rings (SSSR count). The summed E-state index contributed by atoms with van der Waals surface area (Å²) in [4.78, 5) is 38.5. The minimum Gasteiger partial charge on any atom is -0.317 e. The molecule has 0 atom stereocenters. The smallest absolute Gasteiger partial charge is 0.256 e. The van der Waals surface area contributed by atoms with Crippen molar-refractivity contribution < 1.29 is 9.59 Å². The molecule has 0 unspecified atom stereocenters. The average molecular weight is 413 g/mol. The number of benzene rings is 2. The van der Waals surface area contributed by atoms with Crippen LogP contribution in [0.4, 0.5) is 5.00 Å². The number of rotatable bonds is 4. The molecule has 4 aromatic rings. The van der Waals surface area contributed by atoms with Crippen LogP contribution in [0.2, 0.25) is 0 Å². The molecule has 6 nitrogen and oxygen atoms in total. The van der Waals surface area contributed by atoms with Crippen molar-refractivity contribution in [3.63, 3.8) is 0 Å². The normalized spacial score (nSPS) is 10.5. The van der Waals surface area contributed by atoms with E-state index in [0.29, 0.717) is 20.9 Å². The van der Waals surface area contributed by atoms with E-state index in [4.69, 9.17) is 0 Å². The molecule has 1 N–H and O–H groups in total. The van der Waals surface area contributed by atoms with Crippen molar-refractivity contribution in [2.75, 3.05) is 5.32 Å². The summed E-state index contributed by atoms with van der Waals surface area (Å²) in [6, 6.07) is 20.6. The van der Waals surface area contributed by atoms with E-state index in [0.717, 1.165) is 11.3 Å². The largest absolute Gasteiger partial charge is 0.317 e. The van der Waals surface area contributed by atoms with Crippen LogP contribution >= 0.6 is 11.3 Å². The second-order valence-corrected chi connectivity index (χ2v) is 7.53. The fraction of sp³-hybridized carbons (Fsp3) is 0.0435. The first-order valence-corrected chi connectivity index (χ1v) is 9.88. The number of hydrogen-bond acceptors (Lipinski definition) is 5. The van der Waals surface area contributed by atoms with Gasteiger partial charge in [0.25, 0.3) is 5.56 Å². The molecule has 2 aromatic carbocycles. The molecule has 0 bridgehead atoms. The Morgan fingerprint density at radius 3 is 2.40 bits per heavy atom. The first-order valence-electron chi connectivity index (χ1n) is 9.06. The number of fused-ring (bicyclic) bond motifs is 1. The fourth-order valence-electron chi connectivity index (χ4n) is 3.29. The van der Waals surface area contributed by atoms with Gasteiger partial charge in [0.2, 0.25) is 5.91 Å². The van der Waals surface area contributed by atoms with Gasteiger partial charge >= 0.3 is 0 Å². The lowest BCUT2D eigenvalue weighted by Crippen LogP contribution is -2.16. The highest BCUT2D eigenvalue weighted by Gasteiger charge is 2.25. The number of aromatic nitrogens is 1. The standard InChI is InChI=1S/C23H15N3O3S/c1-14(27)25-22-20(21(29)17-10-6-5-7-15(17)13-24)18-11-12-19(28)26(23(18)30-22)16-8-3-2-4-9-16/h2-12H,1H3,(H,25,27). The van der Waals surface area contributed by atoms with Crippen molar-refractivity contribution in [2.45, 2.75) is 6.92 Å². The van der Waals surface area contributed by atoms with Gasteiger partial charge < -0.3 is 5.32 Å². The first-order chi connectivity index (χ1) is 14.5. The summed E-state index contributed by atoms with van der Waals surface area (Å²) < 4.78 is 1.51. The van der Waals surface area contributed by atoms with E-state index < -0.39 is 0 Å². The van der Waals surface area contributed by atoms with Crippen molar-refractivity contribution in [1.82, 2.24) is 4.57 Å². The predicted molar refractivity (Wildman–Crippen MR) is 116 cm³/mol. The highest BCUT2D eigenvalue weighted by Crippen LogP contribution is 2.37. The summed E-state index contributed by atoms with van der Waals surface area (Å²) in [6.07, 6.45) is 0. The molecule has 0 aliphatic rings. The third-order valence-electron chi connectivity index (χ3n) is 4.56. The third-order valence-corrected chi connectivity index (χ3v) is 5.67. The molecule has 0 fully saturated rings. The molecular weight excluding hydrogens is 398 g/mol. The number of ketones is 1. The van der Waals surface area contributed by atoms with Gasteiger partial charge in [0, 0.05) is 23.9 Å². The van der Waals surface area contributed by atoms with Crippen LogP contribution < -0.4 is 10.9 Å². The number of nitriles is 1. The Morgan fingerprint density at radius 1 is 1.00 bits per heavy atom. The van der Waals surface area contributed by atoms with E-state index in [1.807, 2.05) is 24.3 Å². The maximum atomic E-state index is 13.5. The van der Waals surface area contributed by atoms with E-state index in [2.05, 4.69) is 5.32 Å². The summed E-state index contributed by atoms with van der Waals surface area (Å²) in [5.74, 6) is -0.724. The maximum Gasteiger partial charge on any atom is 0.256 e. The Bertz CT molecular complexity index is 1390. The van der Waals surface area contributed by atoms with Crippen LogP contribution in [0.3, 0.4) is 0 Å². The molecule has 2 aromatic heterocycles. The summed E-state index contributed by atoms with van der Waals surface area (Å²) in [5, 5.41) is 13.0. The summed E-state index contributed by atoms with van der Waals surface area (Å²) in [5.41, 5.74) is 1.15. The van der Waals surface area contributed by atoms with E-state index in [1.54, 1.807) is 42.5 Å². The van der Waals surface area contributed by atoms with Gasteiger partial charge in [-0.25, -0.2) is 0 Å². The molecule has 0 aliphatic heterocycles. The molecule has 146 valence electrons. The van der Waals surface area contributed by atoms with E-state index in [9.17, 15) is 19.6 Å². The molecule has 2 heterocycles. The lowest BCUT2D eigenvalue weighted by atomic mass is 9.98. The van der Waals surface area contributed by atoms with Gasteiger partial charge in [-0.15, -0.1) is 0 Å². The Kier molecular flexibility index (Phi) is 5.00. The van der Waals surface area contributed by atoms with Crippen molar-refractivity contribution >= 4 is 38.2 Å². The zero-order valence-corrected chi connectivity index (χ0v) is 16.7. The van der Waals surface area contributed by atoms with Gasteiger partial charge in [-0.05, 0) is 30.3 Å². The monoisotopic (exact) mass is 413 g/mol. The van der Waals surface area contributed by atoms with Gasteiger partial charge in [0.15, 0.2) is 5.78 Å². The average Bonchev–Trinajstić information content (AvgIpc) is 3.10. The van der Waals surface area contributed by atoms with Gasteiger partial charge in [0.1, 0.15) is 9.83 Å². The number of nitrogens with zero attached hydrogens (tertiary/aromatic N) is 2. The molecular formula is C23H15N3O3S. The Labute approximate surface area is 175 Å². The zero-order chi connectivity index (χ0) is 21.3. The SMILES string of the molecule is CC(=O)Nc1sc2c(ccc(=O)n2-c2ccccc2)c1C(=O)c1ccccc1C#N. The number of amides is 1. The number of para-hydroxylation sites is 1. The van der Waals surface area contributed by atoms with Crippen molar-refractivity contribution in [3.05, 3.63) is 93.8 Å². The molecule has 0 aliphatic carbocycles. The maximum absolute atomic E-state index is 13.5. The van der Waals surface area contributed by atoms with E-state index >= 15 is 0 Å². The summed E-state index contributed by atoms with van der Waals surface area (Å²) in [7, 11) is 0. The molecule has 0 spiro atoms. The van der Waals surface area contributed by atoms with Gasteiger partial charge in [-0.2, -0.15) is 5.26 Å². The van der Waals surface area contributed by atoms with Gasteiger partial charge in [-0.1, -0.05) is 41.7 Å². The minimum absolute atomic E-state index is 0.240. The summed E-state index contributed by atoms with van der Waals surface area (Å²) >= 11 is 1.15. The van der Waals surface area contributed by atoms with Crippen molar-refractivity contribution in [1.29, 1.82) is 5.26 Å². The Balaban J connectivity index is 2.04. The predicted octanol–water partition coefficient (Wildman–Crippen LogP) is 4.11. The van der Waals surface area contributed by atoms with Crippen LogP contribution in [-0.2, 0) is 4.79 Å². The van der Waals surface area contributed by atoms with Crippen LogP contribution in [0.1, 0.15) is 28.4 Å². The van der Waals surface area contributed by atoms with Crippen LogP contribution in [0.15, 0.2) is 71.5 Å². The minimum atomic E-state index is -0.389.